The van der Waals surface area contributed by atoms with Crippen LogP contribution in [-0.2, 0) is 14.2 Å². The zero-order valence-corrected chi connectivity index (χ0v) is 17.1. The van der Waals surface area contributed by atoms with Gasteiger partial charge in [-0.1, -0.05) is 13.8 Å². The monoisotopic (exact) mass is 370 g/mol. The molecule has 0 radical (unpaired) electrons. The molecule has 0 aromatic rings. The van der Waals surface area contributed by atoms with E-state index in [4.69, 9.17) is 14.2 Å². The van der Waals surface area contributed by atoms with Gasteiger partial charge in [0.25, 0.3) is 0 Å². The lowest BCUT2D eigenvalue weighted by Crippen LogP contribution is -2.53. The van der Waals surface area contributed by atoms with Crippen LogP contribution in [0.15, 0.2) is 4.99 Å². The van der Waals surface area contributed by atoms with Crippen molar-refractivity contribution in [2.45, 2.75) is 26.3 Å². The van der Waals surface area contributed by atoms with Crippen molar-refractivity contribution in [1.82, 2.24) is 15.1 Å². The number of nitrogens with zero attached hydrogens (tertiary/aromatic N) is 3. The molecule has 0 saturated carbocycles. The van der Waals surface area contributed by atoms with E-state index in [9.17, 15) is 0 Å². The molecular formula is C19H38N4O3. The number of hydrogen-bond acceptors (Lipinski definition) is 5. The zero-order valence-electron chi connectivity index (χ0n) is 17.1. The third-order valence-electron chi connectivity index (χ3n) is 5.34. The summed E-state index contributed by atoms with van der Waals surface area (Å²) >= 11 is 0. The molecule has 0 spiro atoms. The van der Waals surface area contributed by atoms with Crippen LogP contribution in [-0.4, -0.2) is 102 Å². The highest BCUT2D eigenvalue weighted by atomic mass is 16.5. The maximum atomic E-state index is 5.70. The lowest BCUT2D eigenvalue weighted by Gasteiger charge is -2.37. The molecule has 0 aliphatic carbocycles. The van der Waals surface area contributed by atoms with Crippen LogP contribution in [0.3, 0.4) is 0 Å². The van der Waals surface area contributed by atoms with E-state index in [1.165, 1.54) is 0 Å². The van der Waals surface area contributed by atoms with Crippen molar-refractivity contribution in [3.8, 4) is 0 Å². The van der Waals surface area contributed by atoms with Crippen molar-refractivity contribution in [1.29, 1.82) is 0 Å². The van der Waals surface area contributed by atoms with Crippen LogP contribution in [0.1, 0.15) is 20.3 Å². The minimum Gasteiger partial charge on any atom is -0.382 e. The van der Waals surface area contributed by atoms with Gasteiger partial charge in [0.15, 0.2) is 5.96 Å². The van der Waals surface area contributed by atoms with Gasteiger partial charge in [0.2, 0.25) is 0 Å². The van der Waals surface area contributed by atoms with E-state index in [-0.39, 0.29) is 0 Å². The van der Waals surface area contributed by atoms with Gasteiger partial charge in [-0.25, -0.2) is 0 Å². The highest BCUT2D eigenvalue weighted by Crippen LogP contribution is 2.17. The van der Waals surface area contributed by atoms with E-state index in [1.54, 1.807) is 7.11 Å². The van der Waals surface area contributed by atoms with Crippen molar-refractivity contribution in [2.24, 2.45) is 16.8 Å². The van der Waals surface area contributed by atoms with Gasteiger partial charge in [0.1, 0.15) is 0 Å². The molecule has 2 fully saturated rings. The van der Waals surface area contributed by atoms with Gasteiger partial charge >= 0.3 is 0 Å². The minimum atomic E-state index is 0.506. The fourth-order valence-electron chi connectivity index (χ4n) is 3.78. The molecule has 26 heavy (non-hydrogen) atoms. The molecule has 2 aliphatic rings. The first-order valence-electron chi connectivity index (χ1n) is 9.99. The molecule has 0 amide bonds. The number of methoxy groups -OCH3 is 1. The van der Waals surface area contributed by atoms with Gasteiger partial charge in [0, 0.05) is 58.8 Å². The average molecular weight is 371 g/mol. The minimum absolute atomic E-state index is 0.506. The van der Waals surface area contributed by atoms with E-state index in [0.29, 0.717) is 31.1 Å². The molecular weight excluding hydrogens is 332 g/mol. The van der Waals surface area contributed by atoms with Crippen LogP contribution >= 0.6 is 0 Å². The highest BCUT2D eigenvalue weighted by molar-refractivity contribution is 5.80. The molecule has 2 heterocycles. The van der Waals surface area contributed by atoms with Crippen LogP contribution in [0.4, 0.5) is 0 Å². The number of hydrogen-bond donors (Lipinski definition) is 1. The number of ether oxygens (including phenoxy) is 3. The fourth-order valence-corrected chi connectivity index (χ4v) is 3.78. The average Bonchev–Trinajstić information content (AvgIpc) is 3.11. The van der Waals surface area contributed by atoms with Crippen molar-refractivity contribution in [3.63, 3.8) is 0 Å². The largest absolute Gasteiger partial charge is 0.382 e. The summed E-state index contributed by atoms with van der Waals surface area (Å²) in [6.07, 6.45) is 1.16. The van der Waals surface area contributed by atoms with E-state index in [2.05, 4.69) is 34.0 Å². The lowest BCUT2D eigenvalue weighted by atomic mass is 10.0. The molecule has 0 bridgehead atoms. The standard InChI is InChI=1S/C19H38N4O3/c1-16(2)18(22-7-9-25-10-8-22)13-21-19(20-3)23-6-5-17(14-23)15-26-12-11-24-4/h16-18H,5-15H2,1-4H3,(H,20,21). The Kier molecular flexibility index (Phi) is 9.67. The number of rotatable bonds is 9. The number of morpholine rings is 1. The smallest absolute Gasteiger partial charge is 0.193 e. The summed E-state index contributed by atoms with van der Waals surface area (Å²) in [5, 5.41) is 3.62. The van der Waals surface area contributed by atoms with Gasteiger partial charge in [-0.3, -0.25) is 9.89 Å². The maximum absolute atomic E-state index is 5.70. The Labute approximate surface area is 159 Å². The normalized spacial score (nSPS) is 23.7. The third-order valence-corrected chi connectivity index (χ3v) is 5.34. The molecule has 152 valence electrons. The molecule has 2 aliphatic heterocycles. The first kappa shape index (κ1) is 21.4. The fraction of sp³-hybridized carbons (Fsp3) is 0.947. The number of likely N-dealkylation sites (tertiary alicyclic amines) is 1. The predicted octanol–water partition coefficient (Wildman–Crippen LogP) is 0.904. The molecule has 7 nitrogen and oxygen atoms in total. The van der Waals surface area contributed by atoms with Gasteiger partial charge < -0.3 is 24.4 Å². The van der Waals surface area contributed by atoms with Crippen LogP contribution < -0.4 is 5.32 Å². The number of aliphatic imine (C=N–C) groups is 1. The number of guanidine groups is 1. The Bertz CT molecular complexity index is 414. The predicted molar refractivity (Wildman–Crippen MR) is 105 cm³/mol. The lowest BCUT2D eigenvalue weighted by molar-refractivity contribution is 0.00741. The SMILES string of the molecule is CN=C(NCC(C(C)C)N1CCOCC1)N1CCC(COCCOC)C1. The van der Waals surface area contributed by atoms with Crippen LogP contribution in [0.5, 0.6) is 0 Å². The van der Waals surface area contributed by atoms with E-state index in [1.807, 2.05) is 7.05 Å². The molecule has 1 N–H and O–H groups in total. The van der Waals surface area contributed by atoms with Crippen LogP contribution in [0.25, 0.3) is 0 Å². The summed E-state index contributed by atoms with van der Waals surface area (Å²) in [6, 6.07) is 0.506. The molecule has 2 unspecified atom stereocenters. The quantitative estimate of drug-likeness (QED) is 0.370. The van der Waals surface area contributed by atoms with E-state index < -0.39 is 0 Å². The first-order chi connectivity index (χ1) is 12.7. The van der Waals surface area contributed by atoms with Gasteiger partial charge in [-0.15, -0.1) is 0 Å². The second kappa shape index (κ2) is 11.7. The van der Waals surface area contributed by atoms with Crippen molar-refractivity contribution in [3.05, 3.63) is 0 Å². The van der Waals surface area contributed by atoms with Crippen LogP contribution in [0.2, 0.25) is 0 Å². The summed E-state index contributed by atoms with van der Waals surface area (Å²) < 4.78 is 16.2. The highest BCUT2D eigenvalue weighted by Gasteiger charge is 2.27. The van der Waals surface area contributed by atoms with Gasteiger partial charge in [-0.2, -0.15) is 0 Å². The summed E-state index contributed by atoms with van der Waals surface area (Å²) in [5.41, 5.74) is 0. The number of nitrogens with one attached hydrogen (secondary N) is 1. The van der Waals surface area contributed by atoms with E-state index in [0.717, 1.165) is 64.9 Å². The molecule has 0 aromatic carbocycles. The summed E-state index contributed by atoms with van der Waals surface area (Å²) in [7, 11) is 3.58. The molecule has 2 saturated heterocycles. The maximum Gasteiger partial charge on any atom is 0.193 e. The Morgan fingerprint density at radius 2 is 2.00 bits per heavy atom. The Balaban J connectivity index is 1.77. The Hall–Kier alpha value is -0.890. The van der Waals surface area contributed by atoms with Crippen molar-refractivity contribution in [2.75, 3.05) is 79.9 Å². The summed E-state index contributed by atoms with van der Waals surface area (Å²) in [5.74, 6) is 2.19. The molecule has 0 aromatic heterocycles. The molecule has 7 heteroatoms. The van der Waals surface area contributed by atoms with Gasteiger partial charge in [-0.05, 0) is 12.3 Å². The third kappa shape index (κ3) is 6.68. The van der Waals surface area contributed by atoms with Gasteiger partial charge in [0.05, 0.1) is 33.0 Å². The molecule has 2 rings (SSSR count). The summed E-state index contributed by atoms with van der Waals surface area (Å²) in [4.78, 5) is 9.43. The van der Waals surface area contributed by atoms with Crippen molar-refractivity contribution >= 4 is 5.96 Å². The Morgan fingerprint density at radius 3 is 2.65 bits per heavy atom. The first-order valence-corrected chi connectivity index (χ1v) is 9.99. The summed E-state index contributed by atoms with van der Waals surface area (Å²) in [6.45, 7) is 13.5. The second-order valence-corrected chi connectivity index (χ2v) is 7.56. The van der Waals surface area contributed by atoms with Crippen LogP contribution in [0, 0.1) is 11.8 Å². The van der Waals surface area contributed by atoms with Crippen molar-refractivity contribution < 1.29 is 14.2 Å². The Morgan fingerprint density at radius 1 is 1.23 bits per heavy atom. The zero-order chi connectivity index (χ0) is 18.8. The second-order valence-electron chi connectivity index (χ2n) is 7.56. The molecule has 2 atom stereocenters. The topological polar surface area (TPSA) is 58.6 Å². The van der Waals surface area contributed by atoms with E-state index >= 15 is 0 Å².